The quantitative estimate of drug-likeness (QED) is 0.657. The number of allylic oxidation sites excluding steroid dienone is 1. The first-order chi connectivity index (χ1) is 9.08. The third-order valence-electron chi connectivity index (χ3n) is 2.56. The summed E-state index contributed by atoms with van der Waals surface area (Å²) in [5.74, 6) is -2.64. The molecule has 2 rings (SSSR count). The highest BCUT2D eigenvalue weighted by atomic mass is 19.1. The Kier molecular flexibility index (Phi) is 3.61. The van der Waals surface area contributed by atoms with Gasteiger partial charge in [0.1, 0.15) is 5.75 Å². The van der Waals surface area contributed by atoms with Gasteiger partial charge in [-0.2, -0.15) is 0 Å². The fraction of sp³-hybridized carbons (Fsp3) is 0. The van der Waals surface area contributed by atoms with Gasteiger partial charge in [0.2, 0.25) is 0 Å². The molecule has 0 amide bonds. The fourth-order valence-electron chi connectivity index (χ4n) is 1.57. The Morgan fingerprint density at radius 2 is 1.74 bits per heavy atom. The number of phenols is 2. The summed E-state index contributed by atoms with van der Waals surface area (Å²) in [6.07, 6.45) is 2.80. The van der Waals surface area contributed by atoms with Gasteiger partial charge in [0.05, 0.1) is 5.56 Å². The van der Waals surface area contributed by atoms with Gasteiger partial charge in [0, 0.05) is 6.07 Å². The minimum absolute atomic E-state index is 0.192. The predicted octanol–water partition coefficient (Wildman–Crippen LogP) is 3.13. The van der Waals surface area contributed by atoms with Crippen LogP contribution in [0.3, 0.4) is 0 Å². The molecule has 19 heavy (non-hydrogen) atoms. The Hall–Kier alpha value is -2.62. The van der Waals surface area contributed by atoms with Gasteiger partial charge in [0.15, 0.2) is 17.3 Å². The molecule has 0 unspecified atom stereocenters. The molecule has 3 nitrogen and oxygen atoms in total. The molecule has 0 saturated carbocycles. The lowest BCUT2D eigenvalue weighted by molar-refractivity contribution is 0.104. The molecule has 2 aromatic rings. The predicted molar refractivity (Wildman–Crippen MR) is 69.5 cm³/mol. The molecule has 0 fully saturated rings. The van der Waals surface area contributed by atoms with Crippen molar-refractivity contribution in [2.75, 3.05) is 0 Å². The molecular formula is C15H11FO3. The van der Waals surface area contributed by atoms with E-state index in [2.05, 4.69) is 0 Å². The van der Waals surface area contributed by atoms with Crippen molar-refractivity contribution < 1.29 is 19.4 Å². The summed E-state index contributed by atoms with van der Waals surface area (Å²) in [6, 6.07) is 10.7. The van der Waals surface area contributed by atoms with E-state index in [1.165, 1.54) is 6.08 Å². The summed E-state index contributed by atoms with van der Waals surface area (Å²) in [7, 11) is 0. The largest absolute Gasteiger partial charge is 0.507 e. The lowest BCUT2D eigenvalue weighted by atomic mass is 10.1. The van der Waals surface area contributed by atoms with Crippen LogP contribution in [0.4, 0.5) is 4.39 Å². The van der Waals surface area contributed by atoms with E-state index in [-0.39, 0.29) is 5.56 Å². The summed E-state index contributed by atoms with van der Waals surface area (Å²) in [4.78, 5) is 11.8. The minimum Gasteiger partial charge on any atom is -0.507 e. The molecule has 0 saturated heterocycles. The van der Waals surface area contributed by atoms with Crippen LogP contribution in [0, 0.1) is 5.82 Å². The zero-order valence-corrected chi connectivity index (χ0v) is 9.88. The summed E-state index contributed by atoms with van der Waals surface area (Å²) >= 11 is 0. The van der Waals surface area contributed by atoms with Gasteiger partial charge in [-0.1, -0.05) is 36.4 Å². The molecule has 2 aromatic carbocycles. The zero-order valence-electron chi connectivity index (χ0n) is 9.88. The third kappa shape index (κ3) is 2.98. The highest BCUT2D eigenvalue weighted by Crippen LogP contribution is 2.26. The van der Waals surface area contributed by atoms with E-state index < -0.39 is 23.1 Å². The van der Waals surface area contributed by atoms with Crippen molar-refractivity contribution in [2.24, 2.45) is 0 Å². The van der Waals surface area contributed by atoms with Crippen LogP contribution in [-0.4, -0.2) is 16.0 Å². The standard InChI is InChI=1S/C15H11FO3/c16-12-8-11(14(18)9-15(12)19)13(17)7-6-10-4-2-1-3-5-10/h1-9,18-19H/b7-6+. The van der Waals surface area contributed by atoms with Gasteiger partial charge in [-0.15, -0.1) is 0 Å². The van der Waals surface area contributed by atoms with Crippen molar-refractivity contribution in [3.8, 4) is 11.5 Å². The van der Waals surface area contributed by atoms with E-state index in [1.807, 2.05) is 18.2 Å². The molecule has 0 atom stereocenters. The SMILES string of the molecule is O=C(/C=C/c1ccccc1)c1cc(F)c(O)cc1O. The van der Waals surface area contributed by atoms with E-state index in [0.717, 1.165) is 17.7 Å². The Labute approximate surface area is 109 Å². The van der Waals surface area contributed by atoms with Gasteiger partial charge < -0.3 is 10.2 Å². The van der Waals surface area contributed by atoms with E-state index in [0.29, 0.717) is 0 Å². The number of ketones is 1. The Bertz CT molecular complexity index is 633. The van der Waals surface area contributed by atoms with Crippen molar-refractivity contribution in [1.82, 2.24) is 0 Å². The van der Waals surface area contributed by atoms with Crippen molar-refractivity contribution in [3.05, 3.63) is 65.5 Å². The molecular weight excluding hydrogens is 247 g/mol. The second-order valence-electron chi connectivity index (χ2n) is 3.93. The highest BCUT2D eigenvalue weighted by Gasteiger charge is 2.13. The molecule has 0 aromatic heterocycles. The van der Waals surface area contributed by atoms with Crippen LogP contribution in [0.1, 0.15) is 15.9 Å². The number of carbonyl (C=O) groups excluding carboxylic acids is 1. The van der Waals surface area contributed by atoms with Gasteiger partial charge in [-0.05, 0) is 17.7 Å². The van der Waals surface area contributed by atoms with Gasteiger partial charge in [-0.25, -0.2) is 4.39 Å². The molecule has 2 N–H and O–H groups in total. The molecule has 0 aliphatic rings. The van der Waals surface area contributed by atoms with Crippen LogP contribution in [0.2, 0.25) is 0 Å². The summed E-state index contributed by atoms with van der Waals surface area (Å²) in [6.45, 7) is 0. The molecule has 0 radical (unpaired) electrons. The molecule has 4 heteroatoms. The van der Waals surface area contributed by atoms with E-state index in [9.17, 15) is 14.3 Å². The van der Waals surface area contributed by atoms with E-state index in [4.69, 9.17) is 5.11 Å². The van der Waals surface area contributed by atoms with Crippen molar-refractivity contribution in [3.63, 3.8) is 0 Å². The molecule has 0 aliphatic heterocycles. The average molecular weight is 258 g/mol. The van der Waals surface area contributed by atoms with Crippen LogP contribution in [0.5, 0.6) is 11.5 Å². The van der Waals surface area contributed by atoms with Gasteiger partial charge >= 0.3 is 0 Å². The van der Waals surface area contributed by atoms with Crippen LogP contribution >= 0.6 is 0 Å². The van der Waals surface area contributed by atoms with Crippen molar-refractivity contribution >= 4 is 11.9 Å². The third-order valence-corrected chi connectivity index (χ3v) is 2.56. The first kappa shape index (κ1) is 12.8. The number of phenolic OH excluding ortho intramolecular Hbond substituents is 2. The second-order valence-corrected chi connectivity index (χ2v) is 3.93. The summed E-state index contributed by atoms with van der Waals surface area (Å²) < 4.78 is 13.1. The fourth-order valence-corrected chi connectivity index (χ4v) is 1.57. The van der Waals surface area contributed by atoms with Crippen LogP contribution in [0.15, 0.2) is 48.5 Å². The number of rotatable bonds is 3. The van der Waals surface area contributed by atoms with Crippen LogP contribution in [-0.2, 0) is 0 Å². The number of benzene rings is 2. The number of hydrogen-bond donors (Lipinski definition) is 2. The van der Waals surface area contributed by atoms with Crippen LogP contribution in [0.25, 0.3) is 6.08 Å². The molecule has 96 valence electrons. The lowest BCUT2D eigenvalue weighted by Gasteiger charge is -2.02. The van der Waals surface area contributed by atoms with E-state index >= 15 is 0 Å². The van der Waals surface area contributed by atoms with E-state index in [1.54, 1.807) is 18.2 Å². The smallest absolute Gasteiger partial charge is 0.189 e. The normalized spacial score (nSPS) is 10.8. The number of hydrogen-bond acceptors (Lipinski definition) is 3. The maximum Gasteiger partial charge on any atom is 0.189 e. The number of carbonyl (C=O) groups is 1. The monoisotopic (exact) mass is 258 g/mol. The molecule has 0 heterocycles. The summed E-state index contributed by atoms with van der Waals surface area (Å²) in [5.41, 5.74) is 0.622. The Balaban J connectivity index is 2.26. The highest BCUT2D eigenvalue weighted by molar-refractivity contribution is 6.08. The molecule has 0 aliphatic carbocycles. The van der Waals surface area contributed by atoms with Crippen molar-refractivity contribution in [1.29, 1.82) is 0 Å². The van der Waals surface area contributed by atoms with Gasteiger partial charge in [0.25, 0.3) is 0 Å². The Morgan fingerprint density at radius 3 is 2.42 bits per heavy atom. The lowest BCUT2D eigenvalue weighted by Crippen LogP contribution is -1.96. The van der Waals surface area contributed by atoms with Crippen LogP contribution < -0.4 is 0 Å². The maximum absolute atomic E-state index is 13.1. The average Bonchev–Trinajstić information content (AvgIpc) is 2.41. The second kappa shape index (κ2) is 5.35. The zero-order chi connectivity index (χ0) is 13.8. The first-order valence-electron chi connectivity index (χ1n) is 5.57. The number of halogens is 1. The maximum atomic E-state index is 13.1. The minimum atomic E-state index is -0.950. The molecule has 0 spiro atoms. The first-order valence-corrected chi connectivity index (χ1v) is 5.57. The Morgan fingerprint density at radius 1 is 1.05 bits per heavy atom. The molecule has 0 bridgehead atoms. The van der Waals surface area contributed by atoms with Gasteiger partial charge in [-0.3, -0.25) is 4.79 Å². The summed E-state index contributed by atoms with van der Waals surface area (Å²) in [5, 5.41) is 18.6. The topological polar surface area (TPSA) is 57.5 Å². The number of aromatic hydroxyl groups is 2. The van der Waals surface area contributed by atoms with Crippen molar-refractivity contribution in [2.45, 2.75) is 0 Å².